The summed E-state index contributed by atoms with van der Waals surface area (Å²) >= 11 is 0. The Morgan fingerprint density at radius 1 is 0.153 bits per heavy atom. The number of hydrogen-bond acceptors (Lipinski definition) is 6. The highest BCUT2D eigenvalue weighted by Gasteiger charge is 2.30. The molecule has 0 spiro atoms. The molecular weight excluding hydrogens is 1780 g/mol. The van der Waals surface area contributed by atoms with Gasteiger partial charge in [0.25, 0.3) is 0 Å². The van der Waals surface area contributed by atoms with Gasteiger partial charge in [0.05, 0.1) is 53.1 Å². The van der Waals surface area contributed by atoms with Crippen molar-refractivity contribution in [2.45, 2.75) is 39.3 Å². The van der Waals surface area contributed by atoms with E-state index in [0.717, 1.165) is 135 Å². The Bertz CT molecular complexity index is 7990. The van der Waals surface area contributed by atoms with Crippen LogP contribution in [-0.4, -0.2) is 30.4 Å². The lowest BCUT2D eigenvalue weighted by Gasteiger charge is -2.31. The summed E-state index contributed by atoms with van der Waals surface area (Å²) in [6.07, 6.45) is 0. The summed E-state index contributed by atoms with van der Waals surface area (Å²) in [5, 5.41) is 17.4. The van der Waals surface area contributed by atoms with Gasteiger partial charge in [-0.1, -0.05) is 389 Å². The molecule has 0 fully saturated rings. The van der Waals surface area contributed by atoms with Gasteiger partial charge in [-0.3, -0.25) is 0 Å². The number of anilines is 12. The molecule has 692 valence electrons. The van der Waals surface area contributed by atoms with Crippen LogP contribution in [-0.2, 0) is 0 Å². The highest BCUT2D eigenvalue weighted by Crippen LogP contribution is 2.54. The molecular formula is C136H108N4O2Si2. The van der Waals surface area contributed by atoms with E-state index < -0.39 is 16.1 Å². The normalized spacial score (nSPS) is 11.6. The fourth-order valence-corrected chi connectivity index (χ4v) is 23.4. The summed E-state index contributed by atoms with van der Waals surface area (Å²) < 4.78 is 11.4. The third-order valence-corrected chi connectivity index (χ3v) is 32.5. The average molecular weight is 1890 g/mol. The van der Waals surface area contributed by atoms with Crippen LogP contribution in [0, 0.1) is 0 Å². The van der Waals surface area contributed by atoms with Crippen molar-refractivity contribution in [1.82, 2.24) is 0 Å². The Morgan fingerprint density at radius 2 is 0.319 bits per heavy atom. The number of rotatable bonds is 24. The highest BCUT2D eigenvalue weighted by atomic mass is 28.3. The highest BCUT2D eigenvalue weighted by molar-refractivity contribution is 6.89. The number of methoxy groups -OCH3 is 2. The summed E-state index contributed by atoms with van der Waals surface area (Å²) in [5.74, 6) is 1.61. The summed E-state index contributed by atoms with van der Waals surface area (Å²) in [6.45, 7) is 14.6. The molecule has 0 unspecified atom stereocenters. The molecule has 0 aromatic heterocycles. The zero-order valence-electron chi connectivity index (χ0n) is 82.1. The molecule has 0 radical (unpaired) electrons. The van der Waals surface area contributed by atoms with E-state index in [4.69, 9.17) is 9.47 Å². The Morgan fingerprint density at radius 3 is 0.486 bits per heavy atom. The lowest BCUT2D eigenvalue weighted by atomic mass is 9.91. The molecule has 6 nitrogen and oxygen atoms in total. The Balaban J connectivity index is 0.000000160. The molecule has 0 amide bonds. The molecule has 24 aromatic rings. The standard InChI is InChI=1S/C70H60N2Si2.C66H48N2O2/c1-73(2,3)63-35-31-59(32-36-63)71(61-45-55(49-19-11-7-12-20-49)43-56(46-61)50-21-13-8-14-22-50)67-41-29-53-28-40-66-68(42-30-54-27-39-65(67)69(53)70(54)66)72(60-33-37-64(38-34-60)74(4,5)6)62-47-57(51-23-15-9-16-24-51)44-58(48-62)52-25-17-10-18-26-52;1-69-59-31-27-55(28-32-59)67(57-41-51(45-15-7-3-8-16-45)39-52(42-57)46-17-9-4-10-18-46)63-37-25-49-24-36-62-64(38-26-50-23-35-61(63)65(49)66(50)62)68(56-29-33-60(70-2)34-30-56)58-43-53(47-19-11-5-12-20-47)40-54(44-58)48-21-13-6-14-22-48/h7-48H,1-6H3;3-44H,1-2H3. The lowest BCUT2D eigenvalue weighted by Crippen LogP contribution is -2.37. The molecule has 0 saturated heterocycles. The van der Waals surface area contributed by atoms with Gasteiger partial charge in [-0.2, -0.15) is 0 Å². The van der Waals surface area contributed by atoms with Gasteiger partial charge in [0.1, 0.15) is 11.5 Å². The van der Waals surface area contributed by atoms with Crippen LogP contribution in [0.1, 0.15) is 0 Å². The molecule has 24 aromatic carbocycles. The van der Waals surface area contributed by atoms with E-state index >= 15 is 0 Å². The first-order chi connectivity index (χ1) is 70.5. The van der Waals surface area contributed by atoms with Crippen molar-refractivity contribution in [2.75, 3.05) is 33.8 Å². The molecule has 0 atom stereocenters. The minimum atomic E-state index is -1.58. The van der Waals surface area contributed by atoms with Gasteiger partial charge in [-0.05, 0) is 302 Å². The van der Waals surface area contributed by atoms with Crippen LogP contribution in [0.2, 0.25) is 39.3 Å². The maximum Gasteiger partial charge on any atom is 0.119 e. The molecule has 24 rings (SSSR count). The van der Waals surface area contributed by atoms with Gasteiger partial charge in [0.2, 0.25) is 0 Å². The van der Waals surface area contributed by atoms with Gasteiger partial charge >= 0.3 is 0 Å². The number of ether oxygens (including phenoxy) is 2. The minimum Gasteiger partial charge on any atom is -0.497 e. The second kappa shape index (κ2) is 38.7. The van der Waals surface area contributed by atoms with Gasteiger partial charge in [0, 0.05) is 67.0 Å². The van der Waals surface area contributed by atoms with E-state index in [2.05, 4.69) is 544 Å². The van der Waals surface area contributed by atoms with E-state index in [9.17, 15) is 0 Å². The predicted octanol–water partition coefficient (Wildman–Crippen LogP) is 37.5. The van der Waals surface area contributed by atoms with E-state index in [1.54, 1.807) is 14.2 Å². The Labute approximate surface area is 845 Å². The van der Waals surface area contributed by atoms with Crippen molar-refractivity contribution in [1.29, 1.82) is 0 Å². The van der Waals surface area contributed by atoms with Crippen LogP contribution in [0.5, 0.6) is 11.5 Å². The van der Waals surface area contributed by atoms with Gasteiger partial charge < -0.3 is 29.1 Å². The smallest absolute Gasteiger partial charge is 0.119 e. The van der Waals surface area contributed by atoms with Crippen molar-refractivity contribution in [3.8, 4) is 101 Å². The lowest BCUT2D eigenvalue weighted by molar-refractivity contribution is 0.414. The third kappa shape index (κ3) is 17.8. The first-order valence-corrected chi connectivity index (χ1v) is 56.7. The van der Waals surface area contributed by atoms with Crippen molar-refractivity contribution in [3.05, 3.63) is 510 Å². The molecule has 0 aliphatic heterocycles. The maximum atomic E-state index is 5.70. The third-order valence-electron chi connectivity index (χ3n) is 28.4. The van der Waals surface area contributed by atoms with Crippen LogP contribution >= 0.6 is 0 Å². The number of benzene rings is 24. The quantitative estimate of drug-likeness (QED) is 0.0443. The fraction of sp³-hybridized carbons (Fsp3) is 0.0588. The first kappa shape index (κ1) is 90.4. The van der Waals surface area contributed by atoms with E-state index in [1.165, 1.54) is 109 Å². The zero-order chi connectivity index (χ0) is 97.5. The molecule has 0 aliphatic carbocycles. The fourth-order valence-electron chi connectivity index (χ4n) is 21.1. The van der Waals surface area contributed by atoms with Gasteiger partial charge in [0.15, 0.2) is 0 Å². The van der Waals surface area contributed by atoms with Crippen molar-refractivity contribution < 1.29 is 9.47 Å². The second-order valence-electron chi connectivity index (χ2n) is 39.5. The van der Waals surface area contributed by atoms with Gasteiger partial charge in [-0.15, -0.1) is 0 Å². The molecule has 144 heavy (non-hydrogen) atoms. The van der Waals surface area contributed by atoms with E-state index in [0.29, 0.717) is 0 Å². The molecule has 0 N–H and O–H groups in total. The van der Waals surface area contributed by atoms with Gasteiger partial charge in [-0.25, -0.2) is 0 Å². The summed E-state index contributed by atoms with van der Waals surface area (Å²) in [6, 6.07) is 187. The average Bonchev–Trinajstić information content (AvgIpc) is 0.719. The van der Waals surface area contributed by atoms with Crippen LogP contribution in [0.3, 0.4) is 0 Å². The maximum absolute atomic E-state index is 5.70. The summed E-state index contributed by atoms with van der Waals surface area (Å²) in [4.78, 5) is 9.84. The monoisotopic (exact) mass is 1880 g/mol. The molecule has 0 saturated carbocycles. The van der Waals surface area contributed by atoms with Crippen molar-refractivity contribution in [2.24, 2.45) is 0 Å². The topological polar surface area (TPSA) is 31.4 Å². The molecule has 0 heterocycles. The zero-order valence-corrected chi connectivity index (χ0v) is 84.1. The van der Waals surface area contributed by atoms with Crippen molar-refractivity contribution >= 4 is 159 Å². The van der Waals surface area contributed by atoms with Crippen LogP contribution in [0.4, 0.5) is 68.2 Å². The number of hydrogen-bond donors (Lipinski definition) is 0. The van der Waals surface area contributed by atoms with Crippen LogP contribution in [0.15, 0.2) is 510 Å². The first-order valence-electron chi connectivity index (χ1n) is 49.7. The number of nitrogens with zero attached hydrogens (tertiary/aromatic N) is 4. The second-order valence-corrected chi connectivity index (χ2v) is 49.7. The Kier molecular flexibility index (Phi) is 24.3. The van der Waals surface area contributed by atoms with E-state index in [1.807, 2.05) is 24.3 Å². The molecule has 0 aliphatic rings. The molecule has 8 heteroatoms. The SMILES string of the molecule is COc1ccc(N(c2cc(-c3ccccc3)cc(-c3ccccc3)c2)c2ccc3ccc4c(N(c5ccc(OC)cc5)c5cc(-c6ccccc6)cc(-c6ccccc6)c5)ccc5ccc2c3c54)cc1.C[Si](C)(C)c1ccc(N(c2cc(-c3ccccc3)cc(-c3ccccc3)c2)c2ccc3ccc4c(N(c5ccc([Si](C)(C)C)cc5)c5cc(-c6ccccc6)cc(-c6ccccc6)c5)ccc5ccc2c3c54)cc1. The van der Waals surface area contributed by atoms with Crippen molar-refractivity contribution in [3.63, 3.8) is 0 Å². The summed E-state index contributed by atoms with van der Waals surface area (Å²) in [5.41, 5.74) is 31.8. The minimum absolute atomic E-state index is 0.807. The van der Waals surface area contributed by atoms with E-state index in [-0.39, 0.29) is 0 Å². The van der Waals surface area contributed by atoms with Crippen LogP contribution in [0.25, 0.3) is 154 Å². The van der Waals surface area contributed by atoms with Crippen LogP contribution < -0.4 is 39.4 Å². The largest absolute Gasteiger partial charge is 0.497 e. The molecule has 0 bridgehead atoms. The summed E-state index contributed by atoms with van der Waals surface area (Å²) in [7, 11) is 0.273. The Hall–Kier alpha value is -17.4. The predicted molar refractivity (Wildman–Crippen MR) is 622 cm³/mol.